The van der Waals surface area contributed by atoms with E-state index in [1.807, 2.05) is 0 Å². The van der Waals surface area contributed by atoms with Gasteiger partial charge in [-0.1, -0.05) is 40.9 Å². The zero-order valence-electron chi connectivity index (χ0n) is 17.5. The topological polar surface area (TPSA) is 149 Å². The molecule has 0 heterocycles. The molecule has 0 fully saturated rings. The average Bonchev–Trinajstić information content (AvgIpc) is 2.79. The van der Waals surface area contributed by atoms with E-state index in [9.17, 15) is 39.6 Å². The summed E-state index contributed by atoms with van der Waals surface area (Å²) in [5.41, 5.74) is -1.48. The molecule has 1 atom stereocenters. The van der Waals surface area contributed by atoms with Crippen LogP contribution in [0.25, 0.3) is 38.4 Å². The van der Waals surface area contributed by atoms with Gasteiger partial charge in [0.15, 0.2) is 4.87 Å². The lowest BCUT2D eigenvalue weighted by Crippen LogP contribution is -2.36. The molecule has 0 saturated heterocycles. The van der Waals surface area contributed by atoms with Crippen molar-refractivity contribution in [1.29, 1.82) is 0 Å². The van der Waals surface area contributed by atoms with Crippen molar-refractivity contribution in [1.82, 2.24) is 0 Å². The molecule has 8 nitrogen and oxygen atoms in total. The van der Waals surface area contributed by atoms with Crippen molar-refractivity contribution in [2.24, 2.45) is 0 Å². The summed E-state index contributed by atoms with van der Waals surface area (Å²) in [6.07, 6.45) is 1.08. The lowest BCUT2D eigenvalue weighted by Gasteiger charge is -2.30. The van der Waals surface area contributed by atoms with E-state index in [0.29, 0.717) is 0 Å². The van der Waals surface area contributed by atoms with E-state index in [0.717, 1.165) is 18.2 Å². The molecule has 36 heavy (non-hydrogen) atoms. The van der Waals surface area contributed by atoms with Crippen molar-refractivity contribution in [3.63, 3.8) is 0 Å². The van der Waals surface area contributed by atoms with Crippen molar-refractivity contribution in [3.05, 3.63) is 60.7 Å². The molecule has 1 unspecified atom stereocenters. The van der Waals surface area contributed by atoms with Crippen LogP contribution in [0.3, 0.4) is 0 Å². The van der Waals surface area contributed by atoms with Crippen LogP contribution >= 0.6 is 46.4 Å². The highest BCUT2D eigenvalue weighted by Gasteiger charge is 2.45. The van der Waals surface area contributed by atoms with Gasteiger partial charge in [-0.15, -0.1) is 11.6 Å². The molecule has 5 rings (SSSR count). The summed E-state index contributed by atoms with van der Waals surface area (Å²) < 4.78 is 0. The second-order valence-corrected chi connectivity index (χ2v) is 10.1. The standard InChI is InChI=1S/C24H10Cl4O8/c25-10-3-7(20(29)30)13-8(21(31)32)4-11(26)17-16-12(27)5-9(22(33)34)19-15(16)6(14(10)18(13)17)1-2-24(19,28)23(35)36/h1,3-5H,2H2,(H,29,30)(H,31,32)(H,33,34)(H,35,36). The van der Waals surface area contributed by atoms with E-state index in [2.05, 4.69) is 0 Å². The Balaban J connectivity index is 2.27. The van der Waals surface area contributed by atoms with Gasteiger partial charge in [-0.2, -0.15) is 0 Å². The quantitative estimate of drug-likeness (QED) is 0.141. The average molecular weight is 568 g/mol. The van der Waals surface area contributed by atoms with Gasteiger partial charge >= 0.3 is 23.9 Å². The van der Waals surface area contributed by atoms with Crippen LogP contribution in [-0.2, 0) is 9.67 Å². The predicted octanol–water partition coefficient (Wildman–Crippen LogP) is 5.62. The minimum absolute atomic E-state index is 0.0623. The molecule has 4 aromatic rings. The summed E-state index contributed by atoms with van der Waals surface area (Å²) in [4.78, 5) is 46.4. The third kappa shape index (κ3) is 3.02. The van der Waals surface area contributed by atoms with Crippen LogP contribution < -0.4 is 5.22 Å². The SMILES string of the molecule is O=C(O)c1cc(Cl)c2c3c1C(Cl)(C(=O)O)CC=c3c1c(Cl)cc(C(=O)O)c3c(C(=O)O)cc(Cl)c2c31. The van der Waals surface area contributed by atoms with Crippen molar-refractivity contribution in [2.75, 3.05) is 0 Å². The van der Waals surface area contributed by atoms with Crippen molar-refractivity contribution in [2.45, 2.75) is 11.3 Å². The molecule has 12 heteroatoms. The van der Waals surface area contributed by atoms with Gasteiger partial charge in [-0.3, -0.25) is 0 Å². The van der Waals surface area contributed by atoms with Gasteiger partial charge in [-0.05, 0) is 28.8 Å². The Kier molecular flexibility index (Phi) is 5.32. The zero-order valence-corrected chi connectivity index (χ0v) is 20.5. The van der Waals surface area contributed by atoms with Crippen molar-refractivity contribution >= 4 is 109 Å². The van der Waals surface area contributed by atoms with Crippen LogP contribution in [-0.4, -0.2) is 44.3 Å². The van der Waals surface area contributed by atoms with Crippen molar-refractivity contribution < 1.29 is 39.6 Å². The maximum Gasteiger partial charge on any atom is 0.336 e. The van der Waals surface area contributed by atoms with Gasteiger partial charge in [0.05, 0.1) is 16.7 Å². The van der Waals surface area contributed by atoms with E-state index < -0.39 is 45.4 Å². The Bertz CT molecular complexity index is 1810. The Morgan fingerprint density at radius 2 is 1.08 bits per heavy atom. The number of halogens is 4. The van der Waals surface area contributed by atoms with Crippen LogP contribution in [0, 0.1) is 0 Å². The first-order chi connectivity index (χ1) is 16.8. The lowest BCUT2D eigenvalue weighted by atomic mass is 9.78. The second kappa shape index (κ2) is 7.85. The molecule has 0 bridgehead atoms. The highest BCUT2D eigenvalue weighted by Crippen LogP contribution is 2.49. The normalized spacial score (nSPS) is 16.9. The molecule has 1 aliphatic rings. The Labute approximate surface area is 219 Å². The lowest BCUT2D eigenvalue weighted by molar-refractivity contribution is -0.140. The molecule has 1 aliphatic carbocycles. The third-order valence-electron chi connectivity index (χ3n) is 6.39. The number of hydrogen-bond acceptors (Lipinski definition) is 4. The summed E-state index contributed by atoms with van der Waals surface area (Å²) >= 11 is 26.2. The molecule has 4 N–H and O–H groups in total. The maximum absolute atomic E-state index is 12.3. The number of alkyl halides is 1. The highest BCUT2D eigenvalue weighted by molar-refractivity contribution is 6.49. The van der Waals surface area contributed by atoms with E-state index in [4.69, 9.17) is 46.4 Å². The Hall–Kier alpha value is -3.30. The first kappa shape index (κ1) is 24.4. The van der Waals surface area contributed by atoms with Crippen LogP contribution in [0.15, 0.2) is 18.2 Å². The molecule has 4 aromatic carbocycles. The van der Waals surface area contributed by atoms with Gasteiger partial charge < -0.3 is 20.4 Å². The number of aliphatic carboxylic acids is 1. The molecule has 0 amide bonds. The number of aromatic carboxylic acids is 3. The van der Waals surface area contributed by atoms with Crippen molar-refractivity contribution in [3.8, 4) is 0 Å². The fourth-order valence-corrected chi connectivity index (χ4v) is 6.20. The second-order valence-electron chi connectivity index (χ2n) is 8.19. The monoisotopic (exact) mass is 566 g/mol. The van der Waals surface area contributed by atoms with Crippen LogP contribution in [0.2, 0.25) is 15.1 Å². The molecule has 0 radical (unpaired) electrons. The zero-order chi connectivity index (χ0) is 26.4. The van der Waals surface area contributed by atoms with Gasteiger partial charge in [0, 0.05) is 54.0 Å². The van der Waals surface area contributed by atoms with E-state index in [-0.39, 0.29) is 64.6 Å². The predicted molar refractivity (Wildman–Crippen MR) is 134 cm³/mol. The fourth-order valence-electron chi connectivity index (χ4n) is 5.03. The molecular weight excluding hydrogens is 558 g/mol. The molecule has 0 aromatic heterocycles. The summed E-state index contributed by atoms with van der Waals surface area (Å²) in [7, 11) is 0. The Morgan fingerprint density at radius 1 is 0.639 bits per heavy atom. The van der Waals surface area contributed by atoms with Crippen LogP contribution in [0.5, 0.6) is 0 Å². The number of hydrogen-bond donors (Lipinski definition) is 4. The largest absolute Gasteiger partial charge is 0.480 e. The summed E-state index contributed by atoms with van der Waals surface area (Å²) in [6.45, 7) is 0. The minimum Gasteiger partial charge on any atom is -0.480 e. The summed E-state index contributed by atoms with van der Waals surface area (Å²) in [5, 5.41) is 39.7. The summed E-state index contributed by atoms with van der Waals surface area (Å²) in [6, 6.07) is 3.18. The number of rotatable bonds is 4. The Morgan fingerprint density at radius 3 is 1.56 bits per heavy atom. The van der Waals surface area contributed by atoms with E-state index in [1.54, 1.807) is 0 Å². The van der Waals surface area contributed by atoms with Gasteiger partial charge in [0.1, 0.15) is 0 Å². The first-order valence-electron chi connectivity index (χ1n) is 10.00. The molecule has 0 spiro atoms. The fraction of sp³-hybridized carbons (Fsp3) is 0.0833. The number of carboxylic acids is 4. The highest BCUT2D eigenvalue weighted by atomic mass is 35.5. The molecule has 0 saturated carbocycles. The smallest absolute Gasteiger partial charge is 0.336 e. The maximum atomic E-state index is 12.3. The molecule has 182 valence electrons. The minimum atomic E-state index is -2.18. The van der Waals surface area contributed by atoms with Gasteiger partial charge in [-0.25, -0.2) is 19.2 Å². The number of carbonyl (C=O) groups is 4. The van der Waals surface area contributed by atoms with E-state index >= 15 is 0 Å². The third-order valence-corrected chi connectivity index (χ3v) is 7.79. The van der Waals surface area contributed by atoms with Gasteiger partial charge in [0.2, 0.25) is 0 Å². The molecule has 0 aliphatic heterocycles. The summed E-state index contributed by atoms with van der Waals surface area (Å²) in [5.74, 6) is -5.86. The first-order valence-corrected chi connectivity index (χ1v) is 11.5. The van der Waals surface area contributed by atoms with Gasteiger partial charge in [0.25, 0.3) is 0 Å². The number of carboxylic acid groups (broad SMARTS) is 4. The van der Waals surface area contributed by atoms with Crippen LogP contribution in [0.4, 0.5) is 0 Å². The number of benzene rings is 4. The molecular formula is C24H10Cl4O8. The van der Waals surface area contributed by atoms with Crippen LogP contribution in [0.1, 0.15) is 43.1 Å². The number of fused-ring (bicyclic) bond motifs is 2. The van der Waals surface area contributed by atoms with E-state index in [1.165, 1.54) is 6.08 Å².